The third-order valence-corrected chi connectivity index (χ3v) is 5.64. The number of carbonyl (C=O) groups is 3. The summed E-state index contributed by atoms with van der Waals surface area (Å²) in [5.41, 5.74) is 2.02. The Bertz CT molecular complexity index is 994. The number of hydrogen-bond donors (Lipinski definition) is 2. The molecule has 2 atom stereocenters. The molecule has 1 aliphatic heterocycles. The molecule has 1 fully saturated rings. The molecule has 0 spiro atoms. The number of rotatable bonds is 8. The summed E-state index contributed by atoms with van der Waals surface area (Å²) in [6.45, 7) is 2.31. The van der Waals surface area contributed by atoms with Crippen molar-refractivity contribution in [2.75, 3.05) is 18.5 Å². The predicted molar refractivity (Wildman–Crippen MR) is 117 cm³/mol. The smallest absolute Gasteiger partial charge is 0.246 e. The Kier molecular flexibility index (Phi) is 7.56. The summed E-state index contributed by atoms with van der Waals surface area (Å²) in [6, 6.07) is 9.52. The van der Waals surface area contributed by atoms with Gasteiger partial charge in [-0.05, 0) is 48.2 Å². The van der Waals surface area contributed by atoms with Gasteiger partial charge in [0, 0.05) is 25.7 Å². The van der Waals surface area contributed by atoms with Crippen LogP contribution in [0.25, 0.3) is 0 Å². The molecule has 0 radical (unpaired) electrons. The molecule has 170 valence electrons. The summed E-state index contributed by atoms with van der Waals surface area (Å²) in [6.07, 6.45) is 3.17. The molecule has 2 N–H and O–H groups in total. The molecule has 2 aromatic rings. The lowest BCUT2D eigenvalue weighted by Crippen LogP contribution is -2.42. The van der Waals surface area contributed by atoms with Crippen LogP contribution in [-0.2, 0) is 20.8 Å². The van der Waals surface area contributed by atoms with Gasteiger partial charge in [-0.1, -0.05) is 31.5 Å². The van der Waals surface area contributed by atoms with Crippen LogP contribution in [0.5, 0.6) is 0 Å². The van der Waals surface area contributed by atoms with Gasteiger partial charge >= 0.3 is 0 Å². The lowest BCUT2D eigenvalue weighted by molar-refractivity contribution is -0.131. The van der Waals surface area contributed by atoms with E-state index in [1.165, 1.54) is 18.7 Å². The van der Waals surface area contributed by atoms with Crippen LogP contribution in [0.4, 0.5) is 14.5 Å². The fraction of sp³-hybridized carbons (Fsp3) is 0.375. The molecular formula is C24H27F2N3O3. The highest BCUT2D eigenvalue weighted by atomic mass is 19.2. The number of halogens is 2. The molecule has 32 heavy (non-hydrogen) atoms. The maximum absolute atomic E-state index is 13.7. The number of anilines is 1. The molecule has 0 aliphatic carbocycles. The number of aryl methyl sites for hydroxylation is 1. The fourth-order valence-corrected chi connectivity index (χ4v) is 3.75. The van der Waals surface area contributed by atoms with E-state index in [-0.39, 0.29) is 24.4 Å². The van der Waals surface area contributed by atoms with Gasteiger partial charge in [-0.2, -0.15) is 0 Å². The monoisotopic (exact) mass is 443 g/mol. The summed E-state index contributed by atoms with van der Waals surface area (Å²) in [7, 11) is 1.38. The highest BCUT2D eigenvalue weighted by Crippen LogP contribution is 2.27. The van der Waals surface area contributed by atoms with Gasteiger partial charge in [-0.25, -0.2) is 8.78 Å². The zero-order valence-electron chi connectivity index (χ0n) is 18.2. The Morgan fingerprint density at radius 1 is 1.12 bits per heavy atom. The van der Waals surface area contributed by atoms with E-state index < -0.39 is 35.4 Å². The SMILES string of the molecule is CCCCc1ccc(N2CC(C(=O)NC(C(=O)NC)c3ccc(F)c(F)c3)CC2=O)cc1. The molecule has 0 bridgehead atoms. The van der Waals surface area contributed by atoms with E-state index in [4.69, 9.17) is 0 Å². The number of nitrogens with zero attached hydrogens (tertiary/aromatic N) is 1. The van der Waals surface area contributed by atoms with Crippen molar-refractivity contribution in [2.45, 2.75) is 38.6 Å². The topological polar surface area (TPSA) is 78.5 Å². The van der Waals surface area contributed by atoms with Crippen molar-refractivity contribution >= 4 is 23.4 Å². The van der Waals surface area contributed by atoms with Gasteiger partial charge in [0.15, 0.2) is 11.6 Å². The van der Waals surface area contributed by atoms with E-state index in [1.807, 2.05) is 24.3 Å². The molecule has 0 saturated carbocycles. The Morgan fingerprint density at radius 3 is 2.47 bits per heavy atom. The molecule has 1 saturated heterocycles. The number of carbonyl (C=O) groups excluding carboxylic acids is 3. The highest BCUT2D eigenvalue weighted by molar-refractivity contribution is 6.01. The van der Waals surface area contributed by atoms with Crippen molar-refractivity contribution in [1.82, 2.24) is 10.6 Å². The van der Waals surface area contributed by atoms with E-state index in [2.05, 4.69) is 17.6 Å². The first-order valence-corrected chi connectivity index (χ1v) is 10.7. The standard InChI is InChI=1S/C24H27F2N3O3/c1-3-4-5-15-6-9-18(10-7-15)29-14-17(13-21(29)30)23(31)28-22(24(32)27-2)16-8-11-19(25)20(26)12-16/h6-12,17,22H,3-5,13-14H2,1-2H3,(H,27,32)(H,28,31). The third-order valence-electron chi connectivity index (χ3n) is 5.64. The van der Waals surface area contributed by atoms with Gasteiger partial charge in [0.1, 0.15) is 6.04 Å². The lowest BCUT2D eigenvalue weighted by atomic mass is 10.0. The molecule has 2 aromatic carbocycles. The average Bonchev–Trinajstić information content (AvgIpc) is 3.19. The Hall–Kier alpha value is -3.29. The van der Waals surface area contributed by atoms with Crippen LogP contribution in [0.15, 0.2) is 42.5 Å². The first-order valence-electron chi connectivity index (χ1n) is 10.7. The van der Waals surface area contributed by atoms with E-state index in [1.54, 1.807) is 4.90 Å². The zero-order valence-corrected chi connectivity index (χ0v) is 18.2. The second-order valence-corrected chi connectivity index (χ2v) is 7.90. The van der Waals surface area contributed by atoms with Gasteiger partial charge in [0.05, 0.1) is 5.92 Å². The van der Waals surface area contributed by atoms with E-state index in [9.17, 15) is 23.2 Å². The van der Waals surface area contributed by atoms with Crippen molar-refractivity contribution < 1.29 is 23.2 Å². The van der Waals surface area contributed by atoms with Crippen LogP contribution in [0.3, 0.4) is 0 Å². The molecule has 2 unspecified atom stereocenters. The summed E-state index contributed by atoms with van der Waals surface area (Å²) < 4.78 is 26.9. The predicted octanol–water partition coefficient (Wildman–Crippen LogP) is 3.26. The average molecular weight is 443 g/mol. The molecule has 0 aromatic heterocycles. The number of benzene rings is 2. The van der Waals surface area contributed by atoms with Gasteiger partial charge in [-0.3, -0.25) is 14.4 Å². The summed E-state index contributed by atoms with van der Waals surface area (Å²) in [5.74, 6) is -4.09. The van der Waals surface area contributed by atoms with Crippen molar-refractivity contribution in [2.24, 2.45) is 5.92 Å². The van der Waals surface area contributed by atoms with Gasteiger partial charge in [0.25, 0.3) is 0 Å². The van der Waals surface area contributed by atoms with Crippen LogP contribution in [0, 0.1) is 17.6 Å². The molecule has 6 nitrogen and oxygen atoms in total. The second kappa shape index (κ2) is 10.3. The summed E-state index contributed by atoms with van der Waals surface area (Å²) >= 11 is 0. The van der Waals surface area contributed by atoms with Crippen molar-refractivity contribution in [3.05, 3.63) is 65.2 Å². The normalized spacial score (nSPS) is 16.7. The van der Waals surface area contributed by atoms with Crippen molar-refractivity contribution in [3.8, 4) is 0 Å². The van der Waals surface area contributed by atoms with Crippen LogP contribution in [0.1, 0.15) is 43.4 Å². The Balaban J connectivity index is 1.70. The largest absolute Gasteiger partial charge is 0.357 e. The van der Waals surface area contributed by atoms with Crippen LogP contribution in [0.2, 0.25) is 0 Å². The minimum Gasteiger partial charge on any atom is -0.357 e. The number of likely N-dealkylation sites (N-methyl/N-ethyl adjacent to an activating group) is 1. The third kappa shape index (κ3) is 5.30. The Morgan fingerprint density at radius 2 is 1.84 bits per heavy atom. The van der Waals surface area contributed by atoms with Gasteiger partial charge in [0.2, 0.25) is 17.7 Å². The van der Waals surface area contributed by atoms with E-state index >= 15 is 0 Å². The maximum atomic E-state index is 13.7. The first-order chi connectivity index (χ1) is 15.3. The summed E-state index contributed by atoms with van der Waals surface area (Å²) in [4.78, 5) is 39.3. The van der Waals surface area contributed by atoms with Crippen LogP contribution >= 0.6 is 0 Å². The maximum Gasteiger partial charge on any atom is 0.246 e. The number of nitrogens with one attached hydrogen (secondary N) is 2. The molecule has 1 aliphatic rings. The molecule has 3 amide bonds. The number of hydrogen-bond acceptors (Lipinski definition) is 3. The molecule has 3 rings (SSSR count). The van der Waals surface area contributed by atoms with Crippen LogP contribution < -0.4 is 15.5 Å². The zero-order chi connectivity index (χ0) is 23.3. The molecular weight excluding hydrogens is 416 g/mol. The second-order valence-electron chi connectivity index (χ2n) is 7.90. The Labute approximate surface area is 186 Å². The van der Waals surface area contributed by atoms with E-state index in [0.717, 1.165) is 31.4 Å². The lowest BCUT2D eigenvalue weighted by Gasteiger charge is -2.21. The van der Waals surface area contributed by atoms with Crippen molar-refractivity contribution in [1.29, 1.82) is 0 Å². The fourth-order valence-electron chi connectivity index (χ4n) is 3.75. The number of unbranched alkanes of at least 4 members (excludes halogenated alkanes) is 1. The first kappa shape index (κ1) is 23.4. The van der Waals surface area contributed by atoms with Crippen molar-refractivity contribution in [3.63, 3.8) is 0 Å². The van der Waals surface area contributed by atoms with Gasteiger partial charge in [-0.15, -0.1) is 0 Å². The van der Waals surface area contributed by atoms with E-state index in [0.29, 0.717) is 5.69 Å². The minimum atomic E-state index is -1.20. The summed E-state index contributed by atoms with van der Waals surface area (Å²) in [5, 5.41) is 4.99. The quantitative estimate of drug-likeness (QED) is 0.657. The molecule has 1 heterocycles. The number of amides is 3. The highest BCUT2D eigenvalue weighted by Gasteiger charge is 2.37. The molecule has 8 heteroatoms. The minimum absolute atomic E-state index is 0.00165. The van der Waals surface area contributed by atoms with Crippen LogP contribution in [-0.4, -0.2) is 31.3 Å². The van der Waals surface area contributed by atoms with Gasteiger partial charge < -0.3 is 15.5 Å².